The first-order chi connectivity index (χ1) is 7.35. The summed E-state index contributed by atoms with van der Waals surface area (Å²) in [6.45, 7) is 0.274. The Bertz CT molecular complexity index is 341. The highest BCUT2D eigenvalue weighted by Crippen LogP contribution is 2.29. The van der Waals surface area contributed by atoms with E-state index in [1.165, 1.54) is 0 Å². The van der Waals surface area contributed by atoms with Gasteiger partial charge in [-0.3, -0.25) is 4.84 Å². The predicted molar refractivity (Wildman–Crippen MR) is 50.0 cm³/mol. The first-order valence-corrected chi connectivity index (χ1v) is 4.40. The van der Waals surface area contributed by atoms with Gasteiger partial charge in [0, 0.05) is 5.56 Å². The summed E-state index contributed by atoms with van der Waals surface area (Å²) in [7, 11) is 1.60. The molecule has 0 bridgehead atoms. The first kappa shape index (κ1) is 10.3. The van der Waals surface area contributed by atoms with Gasteiger partial charge < -0.3 is 4.74 Å². The third kappa shape index (κ3) is 2.09. The lowest BCUT2D eigenvalue weighted by Crippen LogP contribution is -2.35. The second kappa shape index (κ2) is 4.56. The lowest BCUT2D eigenvalue weighted by Gasteiger charge is -2.27. The zero-order valence-corrected chi connectivity index (χ0v) is 8.23. The molecule has 0 atom stereocenters. The van der Waals surface area contributed by atoms with Gasteiger partial charge in [-0.05, 0) is 23.8 Å². The number of hydrogen-bond acceptors (Lipinski definition) is 6. The minimum atomic E-state index is -0.416. The number of nitrogens with one attached hydrogen (secondary N) is 1. The predicted octanol–water partition coefficient (Wildman–Crippen LogP) is 0.550. The average Bonchev–Trinajstić information content (AvgIpc) is 2.18. The molecular formula is C9H12N2O4. The summed E-state index contributed by atoms with van der Waals surface area (Å²) in [4.78, 5) is 14.5. The molecule has 6 heteroatoms. The van der Waals surface area contributed by atoms with Gasteiger partial charge in [-0.25, -0.2) is 15.6 Å². The van der Waals surface area contributed by atoms with E-state index in [2.05, 4.69) is 10.5 Å². The molecule has 82 valence electrons. The molecule has 1 aromatic rings. The molecule has 0 amide bonds. The largest absolute Gasteiger partial charge is 0.497 e. The summed E-state index contributed by atoms with van der Waals surface area (Å²) < 4.78 is 5.09. The number of rotatable bonds is 4. The Morgan fingerprint density at radius 3 is 2.80 bits per heavy atom. The van der Waals surface area contributed by atoms with Crippen LogP contribution >= 0.6 is 0 Å². The van der Waals surface area contributed by atoms with Crippen LogP contribution in [0.2, 0.25) is 0 Å². The molecule has 3 N–H and O–H groups in total. The van der Waals surface area contributed by atoms with Crippen molar-refractivity contribution in [2.24, 2.45) is 5.90 Å². The second-order valence-electron chi connectivity index (χ2n) is 3.03. The van der Waals surface area contributed by atoms with Crippen molar-refractivity contribution in [2.45, 2.75) is 12.9 Å². The topological polar surface area (TPSA) is 75.0 Å². The van der Waals surface area contributed by atoms with Gasteiger partial charge in [-0.15, -0.1) is 0 Å². The molecule has 2 rings (SSSR count). The maximum Gasteiger partial charge on any atom is 0.227 e. The molecule has 0 unspecified atom stereocenters. The third-order valence-corrected chi connectivity index (χ3v) is 2.15. The molecule has 1 aromatic carbocycles. The fourth-order valence-electron chi connectivity index (χ4n) is 1.38. The van der Waals surface area contributed by atoms with Gasteiger partial charge >= 0.3 is 0 Å². The second-order valence-corrected chi connectivity index (χ2v) is 3.03. The van der Waals surface area contributed by atoms with Crippen LogP contribution in [0.5, 0.6) is 5.75 Å². The highest BCUT2D eigenvalue weighted by molar-refractivity contribution is 5.36. The molecule has 1 aliphatic heterocycles. The number of nitrogens with two attached hydrogens (primary N) is 1. The van der Waals surface area contributed by atoms with Crippen molar-refractivity contribution < 1.29 is 19.2 Å². The highest BCUT2D eigenvalue weighted by atomic mass is 17.1. The number of methoxy groups -OCH3 is 1. The number of ether oxygens (including phenoxy) is 1. The lowest BCUT2D eigenvalue weighted by molar-refractivity contribution is -0.420. The highest BCUT2D eigenvalue weighted by Gasteiger charge is 2.24. The van der Waals surface area contributed by atoms with Gasteiger partial charge in [0.25, 0.3) is 0 Å². The zero-order chi connectivity index (χ0) is 10.7. The van der Waals surface area contributed by atoms with Crippen molar-refractivity contribution in [3.05, 3.63) is 29.3 Å². The van der Waals surface area contributed by atoms with E-state index in [4.69, 9.17) is 20.3 Å². The SMILES string of the molecule is COc1ccc(C2ONO2)c(CON)c1. The smallest absolute Gasteiger partial charge is 0.227 e. The Morgan fingerprint density at radius 1 is 1.47 bits per heavy atom. The van der Waals surface area contributed by atoms with E-state index in [-0.39, 0.29) is 6.61 Å². The Morgan fingerprint density at radius 2 is 2.27 bits per heavy atom. The molecule has 0 spiro atoms. The maximum atomic E-state index is 5.09. The van der Waals surface area contributed by atoms with Crippen molar-refractivity contribution >= 4 is 0 Å². The standard InChI is InChI=1S/C9H12N2O4/c1-12-7-2-3-8(9-14-11-15-9)6(4-7)5-13-10/h2-4,9,11H,5,10H2,1H3. The summed E-state index contributed by atoms with van der Waals surface area (Å²) in [5.41, 5.74) is 3.98. The molecule has 0 aromatic heterocycles. The van der Waals surface area contributed by atoms with Crippen LogP contribution < -0.4 is 16.3 Å². The molecule has 15 heavy (non-hydrogen) atoms. The fourth-order valence-corrected chi connectivity index (χ4v) is 1.38. The summed E-state index contributed by atoms with van der Waals surface area (Å²) >= 11 is 0. The van der Waals surface area contributed by atoms with Gasteiger partial charge in [-0.2, -0.15) is 0 Å². The molecule has 0 aliphatic carbocycles. The summed E-state index contributed by atoms with van der Waals surface area (Å²) in [5, 5.41) is 0. The molecular weight excluding hydrogens is 200 g/mol. The normalized spacial score (nSPS) is 16.1. The minimum Gasteiger partial charge on any atom is -0.497 e. The average molecular weight is 212 g/mol. The molecule has 1 heterocycles. The Labute approximate surface area is 86.7 Å². The Balaban J connectivity index is 2.26. The molecule has 1 aliphatic rings. The van der Waals surface area contributed by atoms with E-state index in [1.54, 1.807) is 7.11 Å². The van der Waals surface area contributed by atoms with Crippen LogP contribution in [0.15, 0.2) is 18.2 Å². The van der Waals surface area contributed by atoms with Crippen LogP contribution in [0.25, 0.3) is 0 Å². The van der Waals surface area contributed by atoms with Crippen molar-refractivity contribution in [3.63, 3.8) is 0 Å². The van der Waals surface area contributed by atoms with E-state index in [0.29, 0.717) is 0 Å². The minimum absolute atomic E-state index is 0.274. The maximum absolute atomic E-state index is 5.09. The quantitative estimate of drug-likeness (QED) is 0.710. The van der Waals surface area contributed by atoms with Crippen LogP contribution in [0.3, 0.4) is 0 Å². The van der Waals surface area contributed by atoms with Crippen LogP contribution in [0.1, 0.15) is 17.4 Å². The van der Waals surface area contributed by atoms with Crippen molar-refractivity contribution in [2.75, 3.05) is 7.11 Å². The number of hydrogen-bond donors (Lipinski definition) is 2. The van der Waals surface area contributed by atoms with Gasteiger partial charge in [-0.1, -0.05) is 5.64 Å². The summed E-state index contributed by atoms with van der Waals surface area (Å²) in [5.74, 6) is 5.78. The van der Waals surface area contributed by atoms with Crippen LogP contribution in [-0.2, 0) is 21.1 Å². The molecule has 1 saturated heterocycles. The van der Waals surface area contributed by atoms with Crippen LogP contribution in [0, 0.1) is 0 Å². The van der Waals surface area contributed by atoms with Crippen molar-refractivity contribution in [1.82, 2.24) is 5.64 Å². The van der Waals surface area contributed by atoms with E-state index < -0.39 is 6.29 Å². The lowest BCUT2D eigenvalue weighted by atomic mass is 10.1. The molecule has 0 saturated carbocycles. The van der Waals surface area contributed by atoms with E-state index >= 15 is 0 Å². The van der Waals surface area contributed by atoms with E-state index in [0.717, 1.165) is 16.9 Å². The Hall–Kier alpha value is -1.18. The van der Waals surface area contributed by atoms with Crippen molar-refractivity contribution in [1.29, 1.82) is 0 Å². The summed E-state index contributed by atoms with van der Waals surface area (Å²) in [6.07, 6.45) is -0.416. The van der Waals surface area contributed by atoms with Gasteiger partial charge in [0.05, 0.1) is 13.7 Å². The van der Waals surface area contributed by atoms with Crippen molar-refractivity contribution in [3.8, 4) is 5.75 Å². The van der Waals surface area contributed by atoms with Gasteiger partial charge in [0.2, 0.25) is 6.29 Å². The van der Waals surface area contributed by atoms with Crippen LogP contribution in [-0.4, -0.2) is 7.11 Å². The first-order valence-electron chi connectivity index (χ1n) is 4.40. The number of benzene rings is 1. The van der Waals surface area contributed by atoms with E-state index in [1.807, 2.05) is 18.2 Å². The third-order valence-electron chi connectivity index (χ3n) is 2.15. The zero-order valence-electron chi connectivity index (χ0n) is 8.23. The molecule has 0 radical (unpaired) electrons. The Kier molecular flexibility index (Phi) is 3.14. The van der Waals surface area contributed by atoms with Gasteiger partial charge in [0.1, 0.15) is 5.75 Å². The summed E-state index contributed by atoms with van der Waals surface area (Å²) in [6, 6.07) is 5.49. The van der Waals surface area contributed by atoms with Crippen LogP contribution in [0.4, 0.5) is 0 Å². The molecule has 6 nitrogen and oxygen atoms in total. The fraction of sp³-hybridized carbons (Fsp3) is 0.333. The van der Waals surface area contributed by atoms with Gasteiger partial charge in [0.15, 0.2) is 0 Å². The van der Waals surface area contributed by atoms with E-state index in [9.17, 15) is 0 Å². The molecule has 1 fully saturated rings. The monoisotopic (exact) mass is 212 g/mol.